The molecule has 6 heteroatoms. The first-order valence-corrected chi connectivity index (χ1v) is 6.22. The number of benzene rings is 2. The molecule has 3 N–H and O–H groups in total. The molecule has 0 aliphatic heterocycles. The molecule has 1 aromatic heterocycles. The molecule has 0 amide bonds. The van der Waals surface area contributed by atoms with Gasteiger partial charge in [-0.25, -0.2) is 0 Å². The first-order chi connectivity index (χ1) is 9.61. The molecular weight excluding hydrogens is 278 g/mol. The van der Waals surface area contributed by atoms with Crippen molar-refractivity contribution in [3.8, 4) is 11.8 Å². The van der Waals surface area contributed by atoms with E-state index in [9.17, 15) is 4.79 Å². The van der Waals surface area contributed by atoms with Gasteiger partial charge in [-0.15, -0.1) is 0 Å². The summed E-state index contributed by atoms with van der Waals surface area (Å²) in [6.07, 6.45) is 0. The second kappa shape index (κ2) is 4.86. The number of nitrogens with zero attached hydrogens (tertiary/aromatic N) is 1. The Hall–Kier alpha value is -2.53. The quantitative estimate of drug-likeness (QED) is 0.710. The van der Waals surface area contributed by atoms with Crippen molar-refractivity contribution in [1.29, 1.82) is 0 Å². The van der Waals surface area contributed by atoms with Crippen LogP contribution in [0.3, 0.4) is 0 Å². The number of ether oxygens (including phenoxy) is 1. The van der Waals surface area contributed by atoms with Gasteiger partial charge in [0.05, 0.1) is 10.9 Å². The van der Waals surface area contributed by atoms with Crippen LogP contribution in [0.25, 0.3) is 10.9 Å². The number of hydrogen-bond donors (Lipinski definition) is 2. The highest BCUT2D eigenvalue weighted by atomic mass is 35.5. The minimum atomic E-state index is -0.300. The monoisotopic (exact) mass is 287 g/mol. The molecule has 0 saturated heterocycles. The van der Waals surface area contributed by atoms with Gasteiger partial charge in [-0.1, -0.05) is 11.6 Å². The van der Waals surface area contributed by atoms with Crippen molar-refractivity contribution in [2.45, 2.75) is 0 Å². The first kappa shape index (κ1) is 12.5. The van der Waals surface area contributed by atoms with E-state index in [2.05, 4.69) is 9.97 Å². The van der Waals surface area contributed by atoms with Crippen LogP contribution < -0.4 is 16.0 Å². The third-order valence-electron chi connectivity index (χ3n) is 2.74. The molecule has 0 spiro atoms. The number of fused-ring (bicyclic) bond motifs is 1. The molecule has 5 nitrogen and oxygen atoms in total. The maximum absolute atomic E-state index is 11.9. The van der Waals surface area contributed by atoms with Crippen molar-refractivity contribution in [2.75, 3.05) is 5.73 Å². The molecule has 3 rings (SSSR count). The van der Waals surface area contributed by atoms with Crippen LogP contribution in [-0.2, 0) is 0 Å². The zero-order chi connectivity index (χ0) is 14.1. The van der Waals surface area contributed by atoms with Gasteiger partial charge >= 0.3 is 6.01 Å². The Morgan fingerprint density at radius 2 is 1.90 bits per heavy atom. The molecule has 0 saturated carbocycles. The van der Waals surface area contributed by atoms with Crippen LogP contribution in [0.1, 0.15) is 0 Å². The number of nitrogen functional groups attached to an aromatic ring is 1. The SMILES string of the molecule is Nc1ccc2nc(Oc3ccc(Cl)cc3)[nH]c(=O)c2c1. The number of nitrogens with two attached hydrogens (primary N) is 1. The summed E-state index contributed by atoms with van der Waals surface area (Å²) in [5, 5.41) is 1.03. The van der Waals surface area contributed by atoms with Crippen LogP contribution in [0.5, 0.6) is 11.8 Å². The number of anilines is 1. The number of rotatable bonds is 2. The van der Waals surface area contributed by atoms with Crippen LogP contribution in [-0.4, -0.2) is 9.97 Å². The zero-order valence-electron chi connectivity index (χ0n) is 10.3. The number of halogens is 1. The third-order valence-corrected chi connectivity index (χ3v) is 2.99. The highest BCUT2D eigenvalue weighted by molar-refractivity contribution is 6.30. The summed E-state index contributed by atoms with van der Waals surface area (Å²) in [5.74, 6) is 0.535. The Labute approximate surface area is 119 Å². The Balaban J connectivity index is 2.02. The minimum Gasteiger partial charge on any atom is -0.426 e. The normalized spacial score (nSPS) is 10.7. The van der Waals surface area contributed by atoms with Crippen molar-refractivity contribution >= 4 is 28.2 Å². The van der Waals surface area contributed by atoms with Crippen molar-refractivity contribution in [3.63, 3.8) is 0 Å². The van der Waals surface area contributed by atoms with E-state index in [1.54, 1.807) is 42.5 Å². The van der Waals surface area contributed by atoms with E-state index >= 15 is 0 Å². The van der Waals surface area contributed by atoms with Gasteiger partial charge in [0.1, 0.15) is 5.75 Å². The van der Waals surface area contributed by atoms with Gasteiger partial charge < -0.3 is 10.5 Å². The van der Waals surface area contributed by atoms with Crippen LogP contribution in [0.2, 0.25) is 5.02 Å². The lowest BCUT2D eigenvalue weighted by Crippen LogP contribution is -2.09. The van der Waals surface area contributed by atoms with Crippen molar-refractivity contribution in [2.24, 2.45) is 0 Å². The van der Waals surface area contributed by atoms with Gasteiger partial charge in [-0.05, 0) is 42.5 Å². The summed E-state index contributed by atoms with van der Waals surface area (Å²) in [6.45, 7) is 0. The smallest absolute Gasteiger partial charge is 0.302 e. The molecule has 0 aliphatic rings. The predicted molar refractivity (Wildman–Crippen MR) is 78.3 cm³/mol. The molecule has 0 bridgehead atoms. The Bertz CT molecular complexity index is 828. The van der Waals surface area contributed by atoms with Gasteiger partial charge in [-0.3, -0.25) is 9.78 Å². The van der Waals surface area contributed by atoms with Gasteiger partial charge in [0.15, 0.2) is 0 Å². The lowest BCUT2D eigenvalue weighted by atomic mass is 10.2. The molecule has 100 valence electrons. The van der Waals surface area contributed by atoms with E-state index < -0.39 is 0 Å². The Kier molecular flexibility index (Phi) is 3.04. The number of nitrogens with one attached hydrogen (secondary N) is 1. The van der Waals surface area contributed by atoms with E-state index in [4.69, 9.17) is 22.1 Å². The van der Waals surface area contributed by atoms with Gasteiger partial charge in [0.25, 0.3) is 5.56 Å². The molecular formula is C14H10ClN3O2. The second-order valence-electron chi connectivity index (χ2n) is 4.20. The molecule has 0 unspecified atom stereocenters. The van der Waals surface area contributed by atoms with Crippen molar-refractivity contribution < 1.29 is 4.74 Å². The highest BCUT2D eigenvalue weighted by Crippen LogP contribution is 2.21. The van der Waals surface area contributed by atoms with E-state index in [0.717, 1.165) is 0 Å². The minimum absolute atomic E-state index is 0.120. The van der Waals surface area contributed by atoms with Crippen LogP contribution in [0.4, 0.5) is 5.69 Å². The molecule has 2 aromatic carbocycles. The fourth-order valence-corrected chi connectivity index (χ4v) is 1.92. The molecule has 3 aromatic rings. The van der Waals surface area contributed by atoms with E-state index in [0.29, 0.717) is 27.4 Å². The molecule has 0 aliphatic carbocycles. The maximum Gasteiger partial charge on any atom is 0.302 e. The summed E-state index contributed by atoms with van der Waals surface area (Å²) >= 11 is 5.79. The fourth-order valence-electron chi connectivity index (χ4n) is 1.80. The van der Waals surface area contributed by atoms with Crippen LogP contribution >= 0.6 is 11.6 Å². The highest BCUT2D eigenvalue weighted by Gasteiger charge is 2.06. The van der Waals surface area contributed by atoms with E-state index in [-0.39, 0.29) is 11.6 Å². The summed E-state index contributed by atoms with van der Waals surface area (Å²) < 4.78 is 5.50. The number of hydrogen-bond acceptors (Lipinski definition) is 4. The van der Waals surface area contributed by atoms with E-state index in [1.165, 1.54) is 0 Å². The zero-order valence-corrected chi connectivity index (χ0v) is 11.0. The molecule has 0 atom stereocenters. The molecule has 1 heterocycles. The summed E-state index contributed by atoms with van der Waals surface area (Å²) in [7, 11) is 0. The summed E-state index contributed by atoms with van der Waals surface area (Å²) in [6, 6.07) is 11.8. The Morgan fingerprint density at radius 1 is 1.15 bits per heavy atom. The fraction of sp³-hybridized carbons (Fsp3) is 0. The van der Waals surface area contributed by atoms with E-state index in [1.807, 2.05) is 0 Å². The van der Waals surface area contributed by atoms with Crippen LogP contribution in [0, 0.1) is 0 Å². The molecule has 20 heavy (non-hydrogen) atoms. The van der Waals surface area contributed by atoms with Gasteiger partial charge in [-0.2, -0.15) is 4.98 Å². The third kappa shape index (κ3) is 2.44. The first-order valence-electron chi connectivity index (χ1n) is 5.85. The number of aromatic amines is 1. The number of H-pyrrole nitrogens is 1. The number of aromatic nitrogens is 2. The topological polar surface area (TPSA) is 81.0 Å². The van der Waals surface area contributed by atoms with Crippen LogP contribution in [0.15, 0.2) is 47.3 Å². The predicted octanol–water partition coefficient (Wildman–Crippen LogP) is 2.95. The van der Waals surface area contributed by atoms with Crippen molar-refractivity contribution in [3.05, 3.63) is 57.8 Å². The molecule has 0 fully saturated rings. The maximum atomic E-state index is 11.9. The standard InChI is InChI=1S/C14H10ClN3O2/c15-8-1-4-10(5-2-8)20-14-17-12-6-3-9(16)7-11(12)13(19)18-14/h1-7H,16H2,(H,17,18,19). The summed E-state index contributed by atoms with van der Waals surface area (Å²) in [4.78, 5) is 18.7. The average molecular weight is 288 g/mol. The summed E-state index contributed by atoms with van der Waals surface area (Å²) in [5.41, 5.74) is 6.38. The lowest BCUT2D eigenvalue weighted by molar-refractivity contribution is 0.443. The van der Waals surface area contributed by atoms with Gasteiger partial charge in [0.2, 0.25) is 0 Å². The largest absolute Gasteiger partial charge is 0.426 e. The Morgan fingerprint density at radius 3 is 2.65 bits per heavy atom. The second-order valence-corrected chi connectivity index (χ2v) is 4.64. The lowest BCUT2D eigenvalue weighted by Gasteiger charge is -2.05. The van der Waals surface area contributed by atoms with Gasteiger partial charge in [0, 0.05) is 10.7 Å². The molecule has 0 radical (unpaired) electrons. The average Bonchev–Trinajstić information content (AvgIpc) is 2.42. The van der Waals surface area contributed by atoms with Crippen molar-refractivity contribution in [1.82, 2.24) is 9.97 Å².